The molecule has 0 aliphatic carbocycles. The summed E-state index contributed by atoms with van der Waals surface area (Å²) in [4.78, 5) is 4.31. The van der Waals surface area contributed by atoms with E-state index in [0.717, 1.165) is 17.0 Å². The molecule has 5 heteroatoms. The number of benzene rings is 1. The molecule has 4 N–H and O–H groups in total. The van der Waals surface area contributed by atoms with Crippen molar-refractivity contribution in [2.24, 2.45) is 10.8 Å². The van der Waals surface area contributed by atoms with Crippen molar-refractivity contribution in [2.45, 2.75) is 26.8 Å². The zero-order valence-electron chi connectivity index (χ0n) is 10.7. The van der Waals surface area contributed by atoms with Gasteiger partial charge in [-0.15, -0.1) is 0 Å². The van der Waals surface area contributed by atoms with Gasteiger partial charge in [0.1, 0.15) is 5.75 Å². The van der Waals surface area contributed by atoms with Crippen molar-refractivity contribution >= 4 is 11.6 Å². The van der Waals surface area contributed by atoms with Crippen molar-refractivity contribution in [3.8, 4) is 5.75 Å². The van der Waals surface area contributed by atoms with Crippen LogP contribution < -0.4 is 21.3 Å². The highest BCUT2D eigenvalue weighted by Gasteiger charge is 2.03. The normalized spacial score (nSPS) is 11.5. The molecule has 1 aromatic rings. The molecule has 0 spiro atoms. The molecular formula is C12H20N4O. The Morgan fingerprint density at radius 3 is 2.59 bits per heavy atom. The van der Waals surface area contributed by atoms with E-state index in [9.17, 15) is 0 Å². The van der Waals surface area contributed by atoms with Crippen molar-refractivity contribution in [1.29, 1.82) is 0 Å². The molecular weight excluding hydrogens is 216 g/mol. The van der Waals surface area contributed by atoms with Gasteiger partial charge < -0.3 is 10.1 Å². The van der Waals surface area contributed by atoms with Crippen LogP contribution in [0.15, 0.2) is 23.2 Å². The molecule has 0 radical (unpaired) electrons. The molecule has 0 aliphatic heterocycles. The molecule has 0 unspecified atom stereocenters. The minimum absolute atomic E-state index is 0.173. The largest absolute Gasteiger partial charge is 0.497 e. The third kappa shape index (κ3) is 3.96. The van der Waals surface area contributed by atoms with Gasteiger partial charge in [-0.25, -0.2) is 10.8 Å². The first-order valence-corrected chi connectivity index (χ1v) is 5.53. The summed E-state index contributed by atoms with van der Waals surface area (Å²) in [5, 5.41) is 3.14. The molecule has 0 amide bonds. The lowest BCUT2D eigenvalue weighted by molar-refractivity contribution is 0.414. The lowest BCUT2D eigenvalue weighted by Gasteiger charge is -2.13. The lowest BCUT2D eigenvalue weighted by atomic mass is 10.2. The molecule has 1 aromatic carbocycles. The van der Waals surface area contributed by atoms with Gasteiger partial charge in [-0.05, 0) is 44.5 Å². The van der Waals surface area contributed by atoms with Crippen LogP contribution >= 0.6 is 0 Å². The standard InChI is InChI=1S/C12H20N4O/c1-8(2)14-12(16-13)15-11-6-5-10(17-4)7-9(11)3/h5-8H,13H2,1-4H3,(H2,14,15,16). The fourth-order valence-electron chi connectivity index (χ4n) is 1.39. The maximum absolute atomic E-state index is 5.41. The topological polar surface area (TPSA) is 71.7 Å². The summed E-state index contributed by atoms with van der Waals surface area (Å²) in [5.74, 6) is 6.79. The Balaban J connectivity index is 2.87. The molecule has 0 aromatic heterocycles. The summed E-state index contributed by atoms with van der Waals surface area (Å²) in [5.41, 5.74) is 4.56. The van der Waals surface area contributed by atoms with Crippen LogP contribution in [0.25, 0.3) is 0 Å². The van der Waals surface area contributed by atoms with E-state index in [2.05, 4.69) is 15.7 Å². The number of hydrogen-bond donors (Lipinski definition) is 3. The molecule has 0 bridgehead atoms. The first-order valence-electron chi connectivity index (χ1n) is 5.53. The van der Waals surface area contributed by atoms with Crippen molar-refractivity contribution in [1.82, 2.24) is 5.43 Å². The molecule has 94 valence electrons. The van der Waals surface area contributed by atoms with E-state index in [1.165, 1.54) is 0 Å². The zero-order valence-corrected chi connectivity index (χ0v) is 10.7. The Labute approximate surface area is 102 Å². The van der Waals surface area contributed by atoms with Crippen LogP contribution in [0, 0.1) is 6.92 Å². The summed E-state index contributed by atoms with van der Waals surface area (Å²) in [6, 6.07) is 5.94. The number of anilines is 1. The fourth-order valence-corrected chi connectivity index (χ4v) is 1.39. The third-order valence-corrected chi connectivity index (χ3v) is 2.21. The summed E-state index contributed by atoms with van der Waals surface area (Å²) in [6.07, 6.45) is 0. The monoisotopic (exact) mass is 236 g/mol. The first-order chi connectivity index (χ1) is 8.06. The van der Waals surface area contributed by atoms with E-state index in [1.807, 2.05) is 39.0 Å². The number of nitrogens with two attached hydrogens (primary N) is 1. The predicted molar refractivity (Wildman–Crippen MR) is 71.2 cm³/mol. The number of hydrogen-bond acceptors (Lipinski definition) is 3. The van der Waals surface area contributed by atoms with E-state index in [-0.39, 0.29) is 6.04 Å². The highest BCUT2D eigenvalue weighted by Crippen LogP contribution is 2.20. The Morgan fingerprint density at radius 2 is 2.12 bits per heavy atom. The van der Waals surface area contributed by atoms with Crippen LogP contribution in [-0.2, 0) is 0 Å². The van der Waals surface area contributed by atoms with Crippen molar-refractivity contribution < 1.29 is 4.74 Å². The van der Waals surface area contributed by atoms with Gasteiger partial charge in [0.05, 0.1) is 7.11 Å². The third-order valence-electron chi connectivity index (χ3n) is 2.21. The van der Waals surface area contributed by atoms with Crippen LogP contribution in [0.2, 0.25) is 0 Å². The number of aryl methyl sites for hydroxylation is 1. The molecule has 17 heavy (non-hydrogen) atoms. The van der Waals surface area contributed by atoms with E-state index in [4.69, 9.17) is 10.6 Å². The van der Waals surface area contributed by atoms with Gasteiger partial charge in [-0.3, -0.25) is 5.43 Å². The van der Waals surface area contributed by atoms with Gasteiger partial charge in [0.15, 0.2) is 0 Å². The number of hydrazine groups is 1. The minimum atomic E-state index is 0.173. The maximum atomic E-state index is 5.41. The number of rotatable bonds is 3. The van der Waals surface area contributed by atoms with E-state index < -0.39 is 0 Å². The molecule has 0 fully saturated rings. The van der Waals surface area contributed by atoms with Gasteiger partial charge in [-0.2, -0.15) is 0 Å². The zero-order chi connectivity index (χ0) is 12.8. The molecule has 0 saturated carbocycles. The second-order valence-electron chi connectivity index (χ2n) is 4.02. The summed E-state index contributed by atoms with van der Waals surface area (Å²) >= 11 is 0. The smallest absolute Gasteiger partial charge is 0.210 e. The second-order valence-corrected chi connectivity index (χ2v) is 4.02. The Kier molecular flexibility index (Phi) is 4.78. The van der Waals surface area contributed by atoms with E-state index in [1.54, 1.807) is 7.11 Å². The van der Waals surface area contributed by atoms with Gasteiger partial charge in [0, 0.05) is 11.7 Å². The maximum Gasteiger partial charge on any atom is 0.210 e. The average Bonchev–Trinajstić information content (AvgIpc) is 2.29. The number of ether oxygens (including phenoxy) is 1. The van der Waals surface area contributed by atoms with Gasteiger partial charge in [-0.1, -0.05) is 0 Å². The molecule has 0 atom stereocenters. The van der Waals surface area contributed by atoms with Crippen molar-refractivity contribution in [3.63, 3.8) is 0 Å². The van der Waals surface area contributed by atoms with Crippen LogP contribution in [0.4, 0.5) is 5.69 Å². The quantitative estimate of drug-likeness (QED) is 0.323. The SMILES string of the molecule is COc1ccc(NC(=NC(C)C)NN)c(C)c1. The molecule has 0 aliphatic rings. The summed E-state index contributed by atoms with van der Waals surface area (Å²) in [6.45, 7) is 5.97. The molecule has 5 nitrogen and oxygen atoms in total. The van der Waals surface area contributed by atoms with Crippen LogP contribution in [0.3, 0.4) is 0 Å². The van der Waals surface area contributed by atoms with Gasteiger partial charge >= 0.3 is 0 Å². The predicted octanol–water partition coefficient (Wildman–Crippen LogP) is 1.64. The Hall–Kier alpha value is -1.75. The van der Waals surface area contributed by atoms with Crippen LogP contribution in [-0.4, -0.2) is 19.1 Å². The van der Waals surface area contributed by atoms with Gasteiger partial charge in [0.25, 0.3) is 0 Å². The van der Waals surface area contributed by atoms with Crippen molar-refractivity contribution in [3.05, 3.63) is 23.8 Å². The number of nitrogens with one attached hydrogen (secondary N) is 2. The first kappa shape index (κ1) is 13.3. The highest BCUT2D eigenvalue weighted by atomic mass is 16.5. The minimum Gasteiger partial charge on any atom is -0.497 e. The van der Waals surface area contributed by atoms with E-state index >= 15 is 0 Å². The van der Waals surface area contributed by atoms with Gasteiger partial charge in [0.2, 0.25) is 5.96 Å². The molecule has 0 saturated heterocycles. The number of nitrogens with zero attached hydrogens (tertiary/aromatic N) is 1. The number of aliphatic imine (C=N–C) groups is 1. The second kappa shape index (κ2) is 6.10. The molecule has 0 heterocycles. The number of methoxy groups -OCH3 is 1. The van der Waals surface area contributed by atoms with Crippen LogP contribution in [0.1, 0.15) is 19.4 Å². The summed E-state index contributed by atoms with van der Waals surface area (Å²) in [7, 11) is 1.65. The lowest BCUT2D eigenvalue weighted by Crippen LogP contribution is -2.37. The fraction of sp³-hybridized carbons (Fsp3) is 0.417. The highest BCUT2D eigenvalue weighted by molar-refractivity contribution is 5.94. The van der Waals surface area contributed by atoms with Crippen molar-refractivity contribution in [2.75, 3.05) is 12.4 Å². The Morgan fingerprint density at radius 1 is 1.41 bits per heavy atom. The average molecular weight is 236 g/mol. The molecule has 1 rings (SSSR count). The number of guanidine groups is 1. The Bertz CT molecular complexity index is 401. The van der Waals surface area contributed by atoms with E-state index in [0.29, 0.717) is 5.96 Å². The van der Waals surface area contributed by atoms with Crippen LogP contribution in [0.5, 0.6) is 5.75 Å². The summed E-state index contributed by atoms with van der Waals surface area (Å²) < 4.78 is 5.15.